The second kappa shape index (κ2) is 6.50. The molecule has 0 spiro atoms. The van der Waals surface area contributed by atoms with Crippen molar-refractivity contribution in [2.45, 2.75) is 27.2 Å². The van der Waals surface area contributed by atoms with Crippen LogP contribution >= 0.6 is 0 Å². The molecule has 0 bridgehead atoms. The summed E-state index contributed by atoms with van der Waals surface area (Å²) in [6, 6.07) is 6.30. The molecule has 0 aliphatic carbocycles. The van der Waals surface area contributed by atoms with Crippen molar-refractivity contribution in [3.05, 3.63) is 35.6 Å². The van der Waals surface area contributed by atoms with Gasteiger partial charge in [-0.1, -0.05) is 39.0 Å². The minimum absolute atomic E-state index is 0.208. The fourth-order valence-electron chi connectivity index (χ4n) is 2.00. The largest absolute Gasteiger partial charge is 0.481 e. The Morgan fingerprint density at radius 1 is 1.30 bits per heavy atom. The van der Waals surface area contributed by atoms with E-state index in [1.807, 2.05) is 0 Å². The molecule has 5 heteroatoms. The predicted molar refractivity (Wildman–Crippen MR) is 73.7 cm³/mol. The molecular weight excluding hydrogens is 261 g/mol. The predicted octanol–water partition coefficient (Wildman–Crippen LogP) is 2.23. The van der Waals surface area contributed by atoms with Crippen LogP contribution in [0, 0.1) is 17.2 Å². The minimum atomic E-state index is -1.15. The van der Waals surface area contributed by atoms with Gasteiger partial charge in [0.25, 0.3) is 0 Å². The number of rotatable bonds is 5. The molecule has 1 aromatic rings. The molecule has 1 unspecified atom stereocenters. The number of amides is 1. The number of nitrogens with one attached hydrogen (secondary N) is 1. The minimum Gasteiger partial charge on any atom is -0.481 e. The molecule has 2 N–H and O–H groups in total. The second-order valence-electron chi connectivity index (χ2n) is 5.77. The Morgan fingerprint density at radius 3 is 2.40 bits per heavy atom. The lowest BCUT2D eigenvalue weighted by molar-refractivity contribution is -0.151. The number of hydrogen-bond acceptors (Lipinski definition) is 2. The van der Waals surface area contributed by atoms with Crippen molar-refractivity contribution in [3.8, 4) is 0 Å². The molecule has 1 amide bonds. The number of benzene rings is 1. The van der Waals surface area contributed by atoms with Crippen molar-refractivity contribution in [3.63, 3.8) is 0 Å². The highest BCUT2D eigenvalue weighted by atomic mass is 19.1. The Labute approximate surface area is 118 Å². The van der Waals surface area contributed by atoms with Crippen molar-refractivity contribution in [2.75, 3.05) is 6.54 Å². The summed E-state index contributed by atoms with van der Waals surface area (Å²) in [5.41, 5.74) is -0.177. The SMILES string of the molecule is CC(C)(C)C(C(=O)O)C(=O)NCCc1ccccc1F. The van der Waals surface area contributed by atoms with Crippen LogP contribution < -0.4 is 5.32 Å². The zero-order valence-electron chi connectivity index (χ0n) is 11.9. The van der Waals surface area contributed by atoms with Crippen LogP contribution in [0.2, 0.25) is 0 Å². The first-order valence-electron chi connectivity index (χ1n) is 6.47. The molecule has 0 aromatic heterocycles. The van der Waals surface area contributed by atoms with Gasteiger partial charge >= 0.3 is 5.97 Å². The first kappa shape index (κ1) is 16.1. The third-order valence-electron chi connectivity index (χ3n) is 3.03. The summed E-state index contributed by atoms with van der Waals surface area (Å²) in [5.74, 6) is -3.14. The molecule has 0 heterocycles. The Kier molecular flexibility index (Phi) is 5.25. The van der Waals surface area contributed by atoms with Gasteiger partial charge in [-0.2, -0.15) is 0 Å². The van der Waals surface area contributed by atoms with Crippen LogP contribution in [0.1, 0.15) is 26.3 Å². The fourth-order valence-corrected chi connectivity index (χ4v) is 2.00. The molecule has 4 nitrogen and oxygen atoms in total. The lowest BCUT2D eigenvalue weighted by Crippen LogP contribution is -2.43. The highest BCUT2D eigenvalue weighted by molar-refractivity contribution is 5.97. The third-order valence-corrected chi connectivity index (χ3v) is 3.03. The van der Waals surface area contributed by atoms with Crippen molar-refractivity contribution in [1.82, 2.24) is 5.32 Å². The first-order valence-corrected chi connectivity index (χ1v) is 6.47. The fraction of sp³-hybridized carbons (Fsp3) is 0.467. The molecule has 1 atom stereocenters. The Morgan fingerprint density at radius 2 is 1.90 bits per heavy atom. The number of aliphatic carboxylic acids is 1. The van der Waals surface area contributed by atoms with E-state index in [2.05, 4.69) is 5.32 Å². The van der Waals surface area contributed by atoms with E-state index in [9.17, 15) is 14.0 Å². The number of carboxylic acids is 1. The summed E-state index contributed by atoms with van der Waals surface area (Å²) in [6.07, 6.45) is 0.328. The average Bonchev–Trinajstić information content (AvgIpc) is 2.29. The molecule has 0 saturated heterocycles. The van der Waals surface area contributed by atoms with E-state index in [4.69, 9.17) is 5.11 Å². The average molecular weight is 281 g/mol. The monoisotopic (exact) mass is 281 g/mol. The lowest BCUT2D eigenvalue weighted by atomic mass is 9.80. The van der Waals surface area contributed by atoms with Crippen molar-refractivity contribution >= 4 is 11.9 Å². The second-order valence-corrected chi connectivity index (χ2v) is 5.77. The van der Waals surface area contributed by atoms with Gasteiger partial charge in [-0.3, -0.25) is 9.59 Å². The molecule has 1 rings (SSSR count). The third kappa shape index (κ3) is 4.33. The molecule has 0 fully saturated rings. The normalized spacial score (nSPS) is 12.8. The van der Waals surface area contributed by atoms with E-state index in [0.717, 1.165) is 0 Å². The van der Waals surface area contributed by atoms with Gasteiger partial charge in [0.05, 0.1) is 0 Å². The van der Waals surface area contributed by atoms with Crippen LogP contribution in [-0.2, 0) is 16.0 Å². The molecule has 0 aliphatic heterocycles. The van der Waals surface area contributed by atoms with Crippen LogP contribution in [0.15, 0.2) is 24.3 Å². The van der Waals surface area contributed by atoms with Crippen LogP contribution in [0.25, 0.3) is 0 Å². The van der Waals surface area contributed by atoms with E-state index < -0.39 is 23.2 Å². The number of carbonyl (C=O) groups is 2. The van der Waals surface area contributed by atoms with E-state index >= 15 is 0 Å². The standard InChI is InChI=1S/C15H20FNO3/c1-15(2,3)12(14(19)20)13(18)17-9-8-10-6-4-5-7-11(10)16/h4-7,12H,8-9H2,1-3H3,(H,17,18)(H,19,20). The van der Waals surface area contributed by atoms with E-state index in [0.29, 0.717) is 12.0 Å². The summed E-state index contributed by atoms with van der Waals surface area (Å²) < 4.78 is 13.4. The number of carboxylic acid groups (broad SMARTS) is 1. The van der Waals surface area contributed by atoms with Gasteiger partial charge in [0.2, 0.25) is 5.91 Å². The molecule has 1 aromatic carbocycles. The molecular formula is C15H20FNO3. The highest BCUT2D eigenvalue weighted by Crippen LogP contribution is 2.26. The molecule has 0 radical (unpaired) electrons. The van der Waals surface area contributed by atoms with Gasteiger partial charge in [-0.25, -0.2) is 4.39 Å². The maximum atomic E-state index is 13.4. The van der Waals surface area contributed by atoms with Crippen LogP contribution in [0.3, 0.4) is 0 Å². The summed E-state index contributed by atoms with van der Waals surface area (Å²) in [5, 5.41) is 11.7. The van der Waals surface area contributed by atoms with Crippen molar-refractivity contribution < 1.29 is 19.1 Å². The Bertz CT molecular complexity index is 494. The number of hydrogen-bond donors (Lipinski definition) is 2. The molecule has 20 heavy (non-hydrogen) atoms. The maximum absolute atomic E-state index is 13.4. The quantitative estimate of drug-likeness (QED) is 0.813. The van der Waals surface area contributed by atoms with Gasteiger partial charge in [0.1, 0.15) is 11.7 Å². The zero-order chi connectivity index (χ0) is 15.3. The van der Waals surface area contributed by atoms with Crippen LogP contribution in [0.5, 0.6) is 0 Å². The summed E-state index contributed by atoms with van der Waals surface area (Å²) >= 11 is 0. The van der Waals surface area contributed by atoms with Crippen LogP contribution in [0.4, 0.5) is 4.39 Å². The molecule has 0 saturated carbocycles. The van der Waals surface area contributed by atoms with Gasteiger partial charge in [0.15, 0.2) is 0 Å². The Balaban J connectivity index is 2.59. The van der Waals surface area contributed by atoms with Crippen molar-refractivity contribution in [2.24, 2.45) is 11.3 Å². The topological polar surface area (TPSA) is 66.4 Å². The van der Waals surface area contributed by atoms with Crippen molar-refractivity contribution in [1.29, 1.82) is 0 Å². The first-order chi connectivity index (χ1) is 9.23. The van der Waals surface area contributed by atoms with E-state index in [1.54, 1.807) is 39.0 Å². The molecule has 110 valence electrons. The lowest BCUT2D eigenvalue weighted by Gasteiger charge is -2.25. The summed E-state index contributed by atoms with van der Waals surface area (Å²) in [4.78, 5) is 23.1. The number of halogens is 1. The smallest absolute Gasteiger partial charge is 0.316 e. The van der Waals surface area contributed by atoms with Gasteiger partial charge in [-0.05, 0) is 23.5 Å². The van der Waals surface area contributed by atoms with Gasteiger partial charge < -0.3 is 10.4 Å². The van der Waals surface area contributed by atoms with Gasteiger partial charge in [0, 0.05) is 6.54 Å². The molecule has 0 aliphatic rings. The zero-order valence-corrected chi connectivity index (χ0v) is 11.9. The summed E-state index contributed by atoms with van der Waals surface area (Å²) in [7, 11) is 0. The van der Waals surface area contributed by atoms with Crippen LogP contribution in [-0.4, -0.2) is 23.5 Å². The van der Waals surface area contributed by atoms with E-state index in [1.165, 1.54) is 6.07 Å². The summed E-state index contributed by atoms with van der Waals surface area (Å²) in [6.45, 7) is 5.30. The highest BCUT2D eigenvalue weighted by Gasteiger charge is 2.37. The maximum Gasteiger partial charge on any atom is 0.316 e. The Hall–Kier alpha value is -1.91. The number of carbonyl (C=O) groups excluding carboxylic acids is 1. The van der Waals surface area contributed by atoms with E-state index in [-0.39, 0.29) is 12.4 Å². The van der Waals surface area contributed by atoms with Gasteiger partial charge in [-0.15, -0.1) is 0 Å².